The van der Waals surface area contributed by atoms with Gasteiger partial charge in [0.25, 0.3) is 0 Å². The molecule has 0 N–H and O–H groups in total. The summed E-state index contributed by atoms with van der Waals surface area (Å²) in [5.74, 6) is 0. The fourth-order valence-corrected chi connectivity index (χ4v) is 7.75. The fourth-order valence-electron chi connectivity index (χ4n) is 7.75. The first kappa shape index (κ1) is 27.1. The lowest BCUT2D eigenvalue weighted by atomic mass is 9.96. The van der Waals surface area contributed by atoms with Gasteiger partial charge in [-0.05, 0) is 66.7 Å². The second kappa shape index (κ2) is 10.2. The predicted molar refractivity (Wildman–Crippen MR) is 197 cm³/mol. The Morgan fingerprint density at radius 1 is 0.449 bits per heavy atom. The normalized spacial score (nSPS) is 11.6. The Bertz CT molecular complexity index is 3030. The van der Waals surface area contributed by atoms with Crippen molar-refractivity contribution < 1.29 is 4.42 Å². The third kappa shape index (κ3) is 3.79. The Labute approximate surface area is 280 Å². The maximum absolute atomic E-state index is 10.7. The third-order valence-electron chi connectivity index (χ3n) is 9.80. The average molecular weight is 625 g/mol. The van der Waals surface area contributed by atoms with Gasteiger partial charge >= 0.3 is 0 Å². The smallest absolute Gasteiger partial charge is 0.136 e. The van der Waals surface area contributed by atoms with Gasteiger partial charge in [-0.15, -0.1) is 0 Å². The second-order valence-electron chi connectivity index (χ2n) is 12.3. The molecule has 0 unspecified atom stereocenters. The Hall–Kier alpha value is -7.08. The largest absolute Gasteiger partial charge is 0.456 e. The molecule has 0 aliphatic carbocycles. The van der Waals surface area contributed by atoms with E-state index in [1.54, 1.807) is 0 Å². The van der Waals surface area contributed by atoms with Crippen molar-refractivity contribution in [2.75, 3.05) is 0 Å². The molecule has 0 amide bonds. The highest BCUT2D eigenvalue weighted by molar-refractivity contribution is 6.27. The van der Waals surface area contributed by atoms with E-state index in [2.05, 4.69) is 94.1 Å². The van der Waals surface area contributed by atoms with Gasteiger partial charge in [0.05, 0.1) is 51.0 Å². The molecule has 0 aliphatic rings. The summed E-state index contributed by atoms with van der Waals surface area (Å²) in [5.41, 5.74) is 10.3. The van der Waals surface area contributed by atoms with Crippen LogP contribution in [-0.2, 0) is 0 Å². The maximum Gasteiger partial charge on any atom is 0.136 e. The lowest BCUT2D eigenvalue weighted by Crippen LogP contribution is -2.00. The standard InChI is InChI=1S/C44H24N4O/c45-25-27-17-20-39(48-38-15-7-3-11-33(38)43-40(48)21-22-42-44(43)34-12-4-8-16-41(34)49-42)35(23-27)30-19-18-29(24-28(30)26-46)47-36-13-5-1-9-31(36)32-10-2-6-14-37(32)47/h1-24H. The van der Waals surface area contributed by atoms with Crippen molar-refractivity contribution in [3.63, 3.8) is 0 Å². The number of rotatable bonds is 3. The van der Waals surface area contributed by atoms with Crippen molar-refractivity contribution in [2.24, 2.45) is 0 Å². The Morgan fingerprint density at radius 3 is 1.82 bits per heavy atom. The van der Waals surface area contributed by atoms with E-state index < -0.39 is 0 Å². The molecule has 0 spiro atoms. The minimum absolute atomic E-state index is 0.526. The number of nitriles is 2. The molecule has 0 bridgehead atoms. The van der Waals surface area contributed by atoms with Gasteiger partial charge in [0, 0.05) is 49.1 Å². The van der Waals surface area contributed by atoms with Crippen LogP contribution in [-0.4, -0.2) is 9.13 Å². The monoisotopic (exact) mass is 624 g/mol. The van der Waals surface area contributed by atoms with Crippen LogP contribution in [0.15, 0.2) is 150 Å². The van der Waals surface area contributed by atoms with Crippen LogP contribution in [0.1, 0.15) is 11.1 Å². The number of aromatic nitrogens is 2. The molecule has 0 atom stereocenters. The fraction of sp³-hybridized carbons (Fsp3) is 0. The first-order chi connectivity index (χ1) is 24.2. The topological polar surface area (TPSA) is 70.6 Å². The van der Waals surface area contributed by atoms with Crippen molar-refractivity contribution in [1.29, 1.82) is 10.5 Å². The summed E-state index contributed by atoms with van der Waals surface area (Å²) >= 11 is 0. The molecule has 3 aromatic heterocycles. The third-order valence-corrected chi connectivity index (χ3v) is 9.80. The molecule has 0 aliphatic heterocycles. The zero-order valence-corrected chi connectivity index (χ0v) is 26.1. The summed E-state index contributed by atoms with van der Waals surface area (Å²) in [6.45, 7) is 0. The van der Waals surface area contributed by atoms with E-state index in [1.807, 2.05) is 72.8 Å². The van der Waals surface area contributed by atoms with Crippen molar-refractivity contribution in [2.45, 2.75) is 0 Å². The molecule has 3 heterocycles. The molecule has 10 aromatic rings. The van der Waals surface area contributed by atoms with Crippen LogP contribution in [0.25, 0.3) is 88.1 Å². The van der Waals surface area contributed by atoms with Crippen LogP contribution in [0.3, 0.4) is 0 Å². The highest BCUT2D eigenvalue weighted by Crippen LogP contribution is 2.43. The summed E-state index contributed by atoms with van der Waals surface area (Å²) in [6.07, 6.45) is 0. The van der Waals surface area contributed by atoms with Gasteiger partial charge in [0.15, 0.2) is 0 Å². The average Bonchev–Trinajstić information content (AvgIpc) is 3.82. The molecule has 0 saturated carbocycles. The number of fused-ring (bicyclic) bond motifs is 10. The lowest BCUT2D eigenvalue weighted by molar-refractivity contribution is 0.669. The first-order valence-corrected chi connectivity index (χ1v) is 16.1. The van der Waals surface area contributed by atoms with Crippen LogP contribution in [0, 0.1) is 22.7 Å². The van der Waals surface area contributed by atoms with Crippen LogP contribution in [0.4, 0.5) is 0 Å². The molecule has 0 radical (unpaired) electrons. The van der Waals surface area contributed by atoms with E-state index in [9.17, 15) is 10.5 Å². The lowest BCUT2D eigenvalue weighted by Gasteiger charge is -2.17. The molecular formula is C44H24N4O. The summed E-state index contributed by atoms with van der Waals surface area (Å²) in [5, 5.41) is 27.4. The van der Waals surface area contributed by atoms with Gasteiger partial charge in [-0.2, -0.15) is 10.5 Å². The number of benzene rings is 7. The first-order valence-electron chi connectivity index (χ1n) is 16.1. The number of hydrogen-bond donors (Lipinski definition) is 0. The SMILES string of the molecule is N#Cc1ccc(-n2c3ccccc3c3c4c(ccc32)oc2ccccc24)c(-c2ccc(-n3c4ccccc4c4ccccc43)cc2C#N)c1. The number of nitrogens with zero attached hydrogens (tertiary/aromatic N) is 4. The number of para-hydroxylation sites is 4. The summed E-state index contributed by atoms with van der Waals surface area (Å²) in [4.78, 5) is 0. The van der Waals surface area contributed by atoms with E-state index in [-0.39, 0.29) is 0 Å². The van der Waals surface area contributed by atoms with Crippen LogP contribution in [0.5, 0.6) is 0 Å². The van der Waals surface area contributed by atoms with E-state index in [0.29, 0.717) is 11.1 Å². The van der Waals surface area contributed by atoms with Gasteiger partial charge in [0.2, 0.25) is 0 Å². The molecule has 5 nitrogen and oxygen atoms in total. The zero-order valence-electron chi connectivity index (χ0n) is 26.1. The Balaban J connectivity index is 1.26. The predicted octanol–water partition coefficient (Wildman–Crippen LogP) is 11.2. The van der Waals surface area contributed by atoms with Crippen LogP contribution < -0.4 is 0 Å². The van der Waals surface area contributed by atoms with Crippen molar-refractivity contribution in [1.82, 2.24) is 9.13 Å². The van der Waals surface area contributed by atoms with Crippen molar-refractivity contribution >= 4 is 65.6 Å². The van der Waals surface area contributed by atoms with Gasteiger partial charge in [-0.25, -0.2) is 0 Å². The molecule has 0 fully saturated rings. The summed E-state index contributed by atoms with van der Waals surface area (Å²) in [7, 11) is 0. The summed E-state index contributed by atoms with van der Waals surface area (Å²) in [6, 6.07) is 54.0. The summed E-state index contributed by atoms with van der Waals surface area (Å²) < 4.78 is 10.8. The molecule has 0 saturated heterocycles. The van der Waals surface area contributed by atoms with Crippen molar-refractivity contribution in [3.05, 3.63) is 157 Å². The van der Waals surface area contributed by atoms with Gasteiger partial charge < -0.3 is 13.6 Å². The van der Waals surface area contributed by atoms with E-state index >= 15 is 0 Å². The second-order valence-corrected chi connectivity index (χ2v) is 12.3. The van der Waals surface area contributed by atoms with Gasteiger partial charge in [-0.1, -0.05) is 78.9 Å². The Morgan fingerprint density at radius 2 is 1.10 bits per heavy atom. The maximum atomic E-state index is 10.7. The zero-order chi connectivity index (χ0) is 32.6. The quantitative estimate of drug-likeness (QED) is 0.196. The Kier molecular flexibility index (Phi) is 5.64. The highest BCUT2D eigenvalue weighted by atomic mass is 16.3. The van der Waals surface area contributed by atoms with Crippen molar-refractivity contribution in [3.8, 4) is 34.6 Å². The highest BCUT2D eigenvalue weighted by Gasteiger charge is 2.22. The van der Waals surface area contributed by atoms with E-state index in [4.69, 9.17) is 4.42 Å². The molecular weight excluding hydrogens is 601 g/mol. The molecule has 10 rings (SSSR count). The molecule has 49 heavy (non-hydrogen) atoms. The van der Waals surface area contributed by atoms with E-state index in [1.165, 1.54) is 0 Å². The minimum Gasteiger partial charge on any atom is -0.456 e. The van der Waals surface area contributed by atoms with Crippen LogP contribution >= 0.6 is 0 Å². The molecule has 226 valence electrons. The molecule has 7 aromatic carbocycles. The number of furan rings is 1. The van der Waals surface area contributed by atoms with Gasteiger partial charge in [0.1, 0.15) is 11.2 Å². The van der Waals surface area contributed by atoms with Crippen LogP contribution in [0.2, 0.25) is 0 Å². The van der Waals surface area contributed by atoms with E-state index in [0.717, 1.165) is 88.1 Å². The number of hydrogen-bond acceptors (Lipinski definition) is 3. The molecule has 5 heteroatoms. The van der Waals surface area contributed by atoms with Gasteiger partial charge in [-0.3, -0.25) is 0 Å². The minimum atomic E-state index is 0.526.